The molecule has 2 amide bonds. The van der Waals surface area contributed by atoms with Gasteiger partial charge in [-0.15, -0.1) is 0 Å². The van der Waals surface area contributed by atoms with Crippen LogP contribution in [0.1, 0.15) is 17.3 Å². The topological polar surface area (TPSA) is 70.1 Å². The minimum Gasteiger partial charge on any atom is -0.504 e. The lowest BCUT2D eigenvalue weighted by Gasteiger charge is -2.22. The summed E-state index contributed by atoms with van der Waals surface area (Å²) in [6.45, 7) is 2.21. The Balaban J connectivity index is 2.91. The molecule has 6 nitrogen and oxygen atoms in total. The molecule has 0 aromatic heterocycles. The third-order valence-electron chi connectivity index (χ3n) is 2.92. The number of benzene rings is 1. The first kappa shape index (κ1) is 15.8. The largest absolute Gasteiger partial charge is 0.504 e. The first-order valence-corrected chi connectivity index (χ1v) is 6.27. The Hall–Kier alpha value is -2.24. The number of hydrogen-bond donors (Lipinski definition) is 1. The van der Waals surface area contributed by atoms with Crippen LogP contribution in [0.25, 0.3) is 0 Å². The van der Waals surface area contributed by atoms with Crippen molar-refractivity contribution < 1.29 is 19.4 Å². The number of carbonyl (C=O) groups is 2. The molecule has 20 heavy (non-hydrogen) atoms. The zero-order valence-electron chi connectivity index (χ0n) is 12.2. The zero-order valence-corrected chi connectivity index (χ0v) is 12.2. The fourth-order valence-electron chi connectivity index (χ4n) is 1.64. The van der Waals surface area contributed by atoms with E-state index in [9.17, 15) is 14.7 Å². The van der Waals surface area contributed by atoms with E-state index in [1.807, 2.05) is 0 Å². The van der Waals surface area contributed by atoms with Gasteiger partial charge in [-0.2, -0.15) is 0 Å². The molecule has 6 heteroatoms. The van der Waals surface area contributed by atoms with Gasteiger partial charge in [-0.05, 0) is 25.1 Å². The molecule has 0 saturated heterocycles. The van der Waals surface area contributed by atoms with Crippen molar-refractivity contribution in [2.45, 2.75) is 6.92 Å². The number of methoxy groups -OCH3 is 1. The summed E-state index contributed by atoms with van der Waals surface area (Å²) in [4.78, 5) is 26.8. The van der Waals surface area contributed by atoms with Gasteiger partial charge < -0.3 is 19.6 Å². The molecule has 1 aromatic rings. The fraction of sp³-hybridized carbons (Fsp3) is 0.429. The lowest BCUT2D eigenvalue weighted by molar-refractivity contribution is -0.129. The highest BCUT2D eigenvalue weighted by Crippen LogP contribution is 2.26. The number of nitrogens with zero attached hydrogens (tertiary/aromatic N) is 2. The number of amides is 2. The van der Waals surface area contributed by atoms with Crippen LogP contribution in [0.4, 0.5) is 0 Å². The summed E-state index contributed by atoms with van der Waals surface area (Å²) in [5, 5.41) is 9.69. The van der Waals surface area contributed by atoms with E-state index in [0.717, 1.165) is 0 Å². The molecule has 0 aliphatic heterocycles. The third kappa shape index (κ3) is 3.63. The van der Waals surface area contributed by atoms with Gasteiger partial charge in [0, 0.05) is 26.2 Å². The normalized spacial score (nSPS) is 10.0. The van der Waals surface area contributed by atoms with E-state index >= 15 is 0 Å². The van der Waals surface area contributed by atoms with Gasteiger partial charge in [-0.25, -0.2) is 0 Å². The maximum atomic E-state index is 12.3. The molecule has 0 bridgehead atoms. The van der Waals surface area contributed by atoms with Crippen LogP contribution in [0.2, 0.25) is 0 Å². The van der Waals surface area contributed by atoms with E-state index in [0.29, 0.717) is 17.9 Å². The van der Waals surface area contributed by atoms with Crippen molar-refractivity contribution in [2.75, 3.05) is 34.3 Å². The van der Waals surface area contributed by atoms with Gasteiger partial charge in [0.1, 0.15) is 0 Å². The average Bonchev–Trinajstić information content (AvgIpc) is 2.43. The number of ether oxygens (including phenoxy) is 1. The van der Waals surface area contributed by atoms with Gasteiger partial charge in [0.05, 0.1) is 13.7 Å². The Kier molecular flexibility index (Phi) is 5.37. The average molecular weight is 280 g/mol. The van der Waals surface area contributed by atoms with Crippen molar-refractivity contribution in [1.82, 2.24) is 9.80 Å². The van der Waals surface area contributed by atoms with Gasteiger partial charge in [0.25, 0.3) is 5.91 Å². The quantitative estimate of drug-likeness (QED) is 0.872. The Labute approximate surface area is 118 Å². The molecule has 0 heterocycles. The Bertz CT molecular complexity index is 500. The molecule has 1 rings (SSSR count). The first-order valence-electron chi connectivity index (χ1n) is 6.27. The lowest BCUT2D eigenvalue weighted by Crippen LogP contribution is -2.40. The molecule has 0 spiro atoms. The van der Waals surface area contributed by atoms with Crippen LogP contribution in [-0.2, 0) is 4.79 Å². The zero-order chi connectivity index (χ0) is 15.3. The van der Waals surface area contributed by atoms with Crippen molar-refractivity contribution in [3.8, 4) is 11.5 Å². The van der Waals surface area contributed by atoms with Gasteiger partial charge in [-0.1, -0.05) is 0 Å². The standard InChI is InChI=1S/C14H20N2O4/c1-5-16(9-13(18)15(2)3)14(19)10-6-7-12(20-4)11(17)8-10/h6-8,17H,5,9H2,1-4H3. The number of phenols is 1. The second-order valence-electron chi connectivity index (χ2n) is 4.49. The molecule has 0 atom stereocenters. The van der Waals surface area contributed by atoms with Crippen molar-refractivity contribution in [1.29, 1.82) is 0 Å². The number of likely N-dealkylation sites (N-methyl/N-ethyl adjacent to an activating group) is 2. The third-order valence-corrected chi connectivity index (χ3v) is 2.92. The molecular formula is C14H20N2O4. The molecule has 110 valence electrons. The monoisotopic (exact) mass is 280 g/mol. The minimum absolute atomic E-state index is 0.00905. The molecule has 0 aliphatic rings. The molecule has 0 unspecified atom stereocenters. The first-order chi connectivity index (χ1) is 9.40. The summed E-state index contributed by atoms with van der Waals surface area (Å²) in [6, 6.07) is 4.41. The van der Waals surface area contributed by atoms with Gasteiger partial charge >= 0.3 is 0 Å². The maximum Gasteiger partial charge on any atom is 0.254 e. The molecule has 0 fully saturated rings. The highest BCUT2D eigenvalue weighted by Gasteiger charge is 2.19. The smallest absolute Gasteiger partial charge is 0.254 e. The fourth-order valence-corrected chi connectivity index (χ4v) is 1.64. The van der Waals surface area contributed by atoms with E-state index in [4.69, 9.17) is 4.74 Å². The van der Waals surface area contributed by atoms with Crippen LogP contribution in [0, 0.1) is 0 Å². The SMILES string of the molecule is CCN(CC(=O)N(C)C)C(=O)c1ccc(OC)c(O)c1. The maximum absolute atomic E-state index is 12.3. The van der Waals surface area contributed by atoms with Crippen molar-refractivity contribution in [3.05, 3.63) is 23.8 Å². The highest BCUT2D eigenvalue weighted by molar-refractivity contribution is 5.97. The molecule has 0 radical (unpaired) electrons. The Morgan fingerprint density at radius 3 is 2.40 bits per heavy atom. The predicted molar refractivity (Wildman–Crippen MR) is 74.9 cm³/mol. The summed E-state index contributed by atoms with van der Waals surface area (Å²) in [5.41, 5.74) is 0.316. The number of aromatic hydroxyl groups is 1. The summed E-state index contributed by atoms with van der Waals surface area (Å²) < 4.78 is 4.93. The van der Waals surface area contributed by atoms with E-state index in [1.165, 1.54) is 29.0 Å². The van der Waals surface area contributed by atoms with E-state index in [2.05, 4.69) is 0 Å². The van der Waals surface area contributed by atoms with Crippen LogP contribution in [-0.4, -0.2) is 61.0 Å². The highest BCUT2D eigenvalue weighted by atomic mass is 16.5. The molecule has 1 aromatic carbocycles. The number of hydrogen-bond acceptors (Lipinski definition) is 4. The summed E-state index contributed by atoms with van der Waals surface area (Å²) >= 11 is 0. The minimum atomic E-state index is -0.305. The molecule has 1 N–H and O–H groups in total. The van der Waals surface area contributed by atoms with Crippen LogP contribution < -0.4 is 4.74 Å². The predicted octanol–water partition coefficient (Wildman–Crippen LogP) is 0.951. The number of phenolic OH excluding ortho intramolecular Hbond substituents is 1. The van der Waals surface area contributed by atoms with Crippen LogP contribution in [0.15, 0.2) is 18.2 Å². The van der Waals surface area contributed by atoms with Crippen LogP contribution in [0.3, 0.4) is 0 Å². The summed E-state index contributed by atoms with van der Waals surface area (Å²) in [5.74, 6) is -0.263. The Morgan fingerprint density at radius 2 is 1.95 bits per heavy atom. The summed E-state index contributed by atoms with van der Waals surface area (Å²) in [6.07, 6.45) is 0. The van der Waals surface area contributed by atoms with Crippen molar-refractivity contribution >= 4 is 11.8 Å². The number of carbonyl (C=O) groups excluding carboxylic acids is 2. The second-order valence-corrected chi connectivity index (χ2v) is 4.49. The van der Waals surface area contributed by atoms with Crippen LogP contribution >= 0.6 is 0 Å². The van der Waals surface area contributed by atoms with E-state index in [1.54, 1.807) is 27.1 Å². The lowest BCUT2D eigenvalue weighted by atomic mass is 10.1. The second kappa shape index (κ2) is 6.79. The van der Waals surface area contributed by atoms with E-state index in [-0.39, 0.29) is 24.1 Å². The van der Waals surface area contributed by atoms with Gasteiger partial charge in [0.15, 0.2) is 11.5 Å². The molecule has 0 aliphatic carbocycles. The van der Waals surface area contributed by atoms with Crippen LogP contribution in [0.5, 0.6) is 11.5 Å². The van der Waals surface area contributed by atoms with Crippen molar-refractivity contribution in [2.24, 2.45) is 0 Å². The molecular weight excluding hydrogens is 260 g/mol. The van der Waals surface area contributed by atoms with E-state index < -0.39 is 0 Å². The van der Waals surface area contributed by atoms with Gasteiger partial charge in [-0.3, -0.25) is 9.59 Å². The Morgan fingerprint density at radius 1 is 1.30 bits per heavy atom. The summed E-state index contributed by atoms with van der Waals surface area (Å²) in [7, 11) is 4.71. The van der Waals surface area contributed by atoms with Crippen molar-refractivity contribution in [3.63, 3.8) is 0 Å². The number of rotatable bonds is 5. The molecule has 0 saturated carbocycles. The van der Waals surface area contributed by atoms with Gasteiger partial charge in [0.2, 0.25) is 5.91 Å².